The quantitative estimate of drug-likeness (QED) is 0.834. The van der Waals surface area contributed by atoms with Crippen molar-refractivity contribution in [1.29, 1.82) is 0 Å². The molecule has 0 bridgehead atoms. The highest BCUT2D eigenvalue weighted by Gasteiger charge is 2.33. The van der Waals surface area contributed by atoms with E-state index in [0.717, 1.165) is 32.2 Å². The lowest BCUT2D eigenvalue weighted by Gasteiger charge is -2.24. The highest BCUT2D eigenvalue weighted by molar-refractivity contribution is 5.82. The van der Waals surface area contributed by atoms with Crippen molar-refractivity contribution in [3.05, 3.63) is 35.9 Å². The van der Waals surface area contributed by atoms with Gasteiger partial charge in [-0.25, -0.2) is 0 Å². The molecule has 1 unspecified atom stereocenters. The minimum absolute atomic E-state index is 0.121. The monoisotopic (exact) mass is 246 g/mol. The number of carbonyl (C=O) groups excluding carboxylic acids is 1. The van der Waals surface area contributed by atoms with Crippen LogP contribution in [0.4, 0.5) is 0 Å². The lowest BCUT2D eigenvalue weighted by Crippen LogP contribution is -2.45. The van der Waals surface area contributed by atoms with Crippen molar-refractivity contribution in [1.82, 2.24) is 4.90 Å². The summed E-state index contributed by atoms with van der Waals surface area (Å²) >= 11 is 0. The Morgan fingerprint density at radius 1 is 1.39 bits per heavy atom. The van der Waals surface area contributed by atoms with Crippen LogP contribution in [0.1, 0.15) is 31.7 Å². The van der Waals surface area contributed by atoms with E-state index in [9.17, 15) is 4.79 Å². The molecule has 2 rings (SSSR count). The first kappa shape index (κ1) is 13.1. The van der Waals surface area contributed by atoms with Crippen LogP contribution in [-0.2, 0) is 11.2 Å². The smallest absolute Gasteiger partial charge is 0.239 e. The average molecular weight is 246 g/mol. The van der Waals surface area contributed by atoms with E-state index in [4.69, 9.17) is 5.73 Å². The second-order valence-corrected chi connectivity index (χ2v) is 4.99. The molecular formula is C15H22N2O. The summed E-state index contributed by atoms with van der Waals surface area (Å²) in [5.41, 5.74) is 7.26. The van der Waals surface area contributed by atoms with Gasteiger partial charge in [0.05, 0.1) is 6.04 Å². The van der Waals surface area contributed by atoms with Crippen molar-refractivity contribution in [3.63, 3.8) is 0 Å². The van der Waals surface area contributed by atoms with E-state index >= 15 is 0 Å². The predicted octanol–water partition coefficient (Wildman–Crippen LogP) is 1.96. The number of nitrogens with two attached hydrogens (primary N) is 1. The number of amides is 1. The third-order valence-electron chi connectivity index (χ3n) is 3.52. The largest absolute Gasteiger partial charge is 0.339 e. The van der Waals surface area contributed by atoms with Crippen LogP contribution < -0.4 is 5.73 Å². The van der Waals surface area contributed by atoms with Crippen LogP contribution in [0.25, 0.3) is 0 Å². The van der Waals surface area contributed by atoms with E-state index in [2.05, 4.69) is 12.1 Å². The summed E-state index contributed by atoms with van der Waals surface area (Å²) in [6.07, 6.45) is 3.89. The molecule has 3 heteroatoms. The minimum Gasteiger partial charge on any atom is -0.339 e. The molecule has 98 valence electrons. The van der Waals surface area contributed by atoms with E-state index in [1.54, 1.807) is 0 Å². The number of likely N-dealkylation sites (N-methyl/N-ethyl adjacent to an activating group) is 1. The topological polar surface area (TPSA) is 46.3 Å². The second kappa shape index (κ2) is 6.01. The van der Waals surface area contributed by atoms with Crippen molar-refractivity contribution in [2.24, 2.45) is 5.73 Å². The van der Waals surface area contributed by atoms with E-state index in [1.165, 1.54) is 5.56 Å². The maximum absolute atomic E-state index is 12.2. The van der Waals surface area contributed by atoms with Crippen molar-refractivity contribution in [2.45, 2.75) is 44.7 Å². The Morgan fingerprint density at radius 3 is 2.61 bits per heavy atom. The van der Waals surface area contributed by atoms with E-state index in [0.29, 0.717) is 6.04 Å². The summed E-state index contributed by atoms with van der Waals surface area (Å²) in [7, 11) is 0. The SMILES string of the molecule is CCN(C(=O)C(N)CCc1ccccc1)C1CC1. The fourth-order valence-electron chi connectivity index (χ4n) is 2.28. The average Bonchev–Trinajstić information content (AvgIpc) is 3.22. The molecule has 1 aromatic carbocycles. The van der Waals surface area contributed by atoms with Crippen LogP contribution in [-0.4, -0.2) is 29.4 Å². The van der Waals surface area contributed by atoms with Gasteiger partial charge in [0.25, 0.3) is 0 Å². The van der Waals surface area contributed by atoms with E-state index in [-0.39, 0.29) is 11.9 Å². The lowest BCUT2D eigenvalue weighted by molar-refractivity contribution is -0.133. The van der Waals surface area contributed by atoms with Gasteiger partial charge in [-0.1, -0.05) is 30.3 Å². The molecule has 0 aliphatic heterocycles. The molecule has 0 heterocycles. The molecule has 18 heavy (non-hydrogen) atoms. The Morgan fingerprint density at radius 2 is 2.06 bits per heavy atom. The summed E-state index contributed by atoms with van der Waals surface area (Å²) < 4.78 is 0. The maximum Gasteiger partial charge on any atom is 0.239 e. The summed E-state index contributed by atoms with van der Waals surface area (Å²) in [6, 6.07) is 10.3. The zero-order valence-electron chi connectivity index (χ0n) is 11.0. The van der Waals surface area contributed by atoms with Crippen molar-refractivity contribution >= 4 is 5.91 Å². The first-order chi connectivity index (χ1) is 8.72. The molecule has 1 aliphatic rings. The van der Waals surface area contributed by atoms with Gasteiger partial charge in [0.2, 0.25) is 5.91 Å². The highest BCUT2D eigenvalue weighted by atomic mass is 16.2. The van der Waals surface area contributed by atoms with Crippen LogP contribution in [0.2, 0.25) is 0 Å². The predicted molar refractivity (Wildman–Crippen MR) is 73.1 cm³/mol. The molecule has 2 N–H and O–H groups in total. The van der Waals surface area contributed by atoms with Gasteiger partial charge in [-0.3, -0.25) is 4.79 Å². The highest BCUT2D eigenvalue weighted by Crippen LogP contribution is 2.27. The molecule has 1 atom stereocenters. The molecular weight excluding hydrogens is 224 g/mol. The number of hydrogen-bond donors (Lipinski definition) is 1. The number of rotatable bonds is 6. The van der Waals surface area contributed by atoms with Gasteiger partial charge in [-0.05, 0) is 38.2 Å². The molecule has 0 spiro atoms. The van der Waals surface area contributed by atoms with Crippen molar-refractivity contribution in [3.8, 4) is 0 Å². The Labute approximate surface area is 109 Å². The zero-order valence-corrected chi connectivity index (χ0v) is 11.0. The van der Waals surface area contributed by atoms with Crippen LogP contribution in [0.15, 0.2) is 30.3 Å². The Balaban J connectivity index is 1.83. The normalized spacial score (nSPS) is 16.3. The maximum atomic E-state index is 12.2. The van der Waals surface area contributed by atoms with Gasteiger partial charge < -0.3 is 10.6 Å². The Hall–Kier alpha value is -1.35. The number of benzene rings is 1. The van der Waals surface area contributed by atoms with Crippen LogP contribution >= 0.6 is 0 Å². The second-order valence-electron chi connectivity index (χ2n) is 4.99. The molecule has 3 nitrogen and oxygen atoms in total. The molecule has 0 saturated heterocycles. The van der Waals surface area contributed by atoms with Crippen LogP contribution in [0.5, 0.6) is 0 Å². The summed E-state index contributed by atoms with van der Waals surface area (Å²) in [4.78, 5) is 14.1. The standard InChI is InChI=1S/C15H22N2O/c1-2-17(13-9-10-13)15(18)14(16)11-8-12-6-4-3-5-7-12/h3-7,13-14H,2,8-11,16H2,1H3. The van der Waals surface area contributed by atoms with Gasteiger partial charge in [-0.2, -0.15) is 0 Å². The first-order valence-electron chi connectivity index (χ1n) is 6.82. The minimum atomic E-state index is -0.356. The molecule has 1 aliphatic carbocycles. The van der Waals surface area contributed by atoms with Crippen molar-refractivity contribution < 1.29 is 4.79 Å². The summed E-state index contributed by atoms with van der Waals surface area (Å²) in [5.74, 6) is 0.121. The third-order valence-corrected chi connectivity index (χ3v) is 3.52. The Bertz CT molecular complexity index is 387. The zero-order chi connectivity index (χ0) is 13.0. The van der Waals surface area contributed by atoms with Gasteiger partial charge in [0.1, 0.15) is 0 Å². The van der Waals surface area contributed by atoms with Crippen LogP contribution in [0, 0.1) is 0 Å². The molecule has 0 aromatic heterocycles. The fraction of sp³-hybridized carbons (Fsp3) is 0.533. The van der Waals surface area contributed by atoms with Gasteiger partial charge in [-0.15, -0.1) is 0 Å². The molecule has 1 amide bonds. The number of hydrogen-bond acceptors (Lipinski definition) is 2. The summed E-state index contributed by atoms with van der Waals surface area (Å²) in [6.45, 7) is 2.81. The Kier molecular flexibility index (Phi) is 4.37. The number of nitrogens with zero attached hydrogens (tertiary/aromatic N) is 1. The van der Waals surface area contributed by atoms with Gasteiger partial charge >= 0.3 is 0 Å². The van der Waals surface area contributed by atoms with E-state index in [1.807, 2.05) is 30.0 Å². The lowest BCUT2D eigenvalue weighted by atomic mass is 10.0. The molecule has 0 radical (unpaired) electrons. The number of aryl methyl sites for hydroxylation is 1. The van der Waals surface area contributed by atoms with Gasteiger partial charge in [0, 0.05) is 12.6 Å². The molecule has 1 fully saturated rings. The fourth-order valence-corrected chi connectivity index (χ4v) is 2.28. The third kappa shape index (κ3) is 3.33. The van der Waals surface area contributed by atoms with E-state index < -0.39 is 0 Å². The molecule has 1 saturated carbocycles. The first-order valence-corrected chi connectivity index (χ1v) is 6.82. The molecule has 1 aromatic rings. The summed E-state index contributed by atoms with van der Waals surface area (Å²) in [5, 5.41) is 0. The van der Waals surface area contributed by atoms with Crippen molar-refractivity contribution in [2.75, 3.05) is 6.54 Å². The number of carbonyl (C=O) groups is 1. The van der Waals surface area contributed by atoms with Crippen LogP contribution in [0.3, 0.4) is 0 Å². The van der Waals surface area contributed by atoms with Gasteiger partial charge in [0.15, 0.2) is 0 Å².